The van der Waals surface area contributed by atoms with Crippen molar-refractivity contribution < 1.29 is 0 Å². The predicted molar refractivity (Wildman–Crippen MR) is 61.4 cm³/mol. The van der Waals surface area contributed by atoms with Crippen LogP contribution in [0.15, 0.2) is 11.4 Å². The molecule has 0 unspecified atom stereocenters. The SMILES string of the molecule is CCc1c(N)ncnc1SCC(C)C. The van der Waals surface area contributed by atoms with E-state index in [2.05, 4.69) is 30.7 Å². The Morgan fingerprint density at radius 3 is 2.71 bits per heavy atom. The fraction of sp³-hybridized carbons (Fsp3) is 0.600. The van der Waals surface area contributed by atoms with Gasteiger partial charge in [-0.2, -0.15) is 0 Å². The maximum atomic E-state index is 5.77. The number of hydrogen-bond acceptors (Lipinski definition) is 4. The average molecular weight is 211 g/mol. The Balaban J connectivity index is 2.80. The monoisotopic (exact) mass is 211 g/mol. The first-order valence-corrected chi connectivity index (χ1v) is 5.85. The second-order valence-corrected chi connectivity index (χ2v) is 4.61. The Morgan fingerprint density at radius 2 is 2.14 bits per heavy atom. The van der Waals surface area contributed by atoms with Gasteiger partial charge in [-0.3, -0.25) is 0 Å². The van der Waals surface area contributed by atoms with Crippen LogP contribution in [0.5, 0.6) is 0 Å². The Hall–Kier alpha value is -0.770. The van der Waals surface area contributed by atoms with Crippen molar-refractivity contribution in [1.29, 1.82) is 0 Å². The molecule has 0 atom stereocenters. The van der Waals surface area contributed by atoms with Gasteiger partial charge in [-0.25, -0.2) is 9.97 Å². The summed E-state index contributed by atoms with van der Waals surface area (Å²) in [5.74, 6) is 2.36. The molecule has 0 amide bonds. The summed E-state index contributed by atoms with van der Waals surface area (Å²) in [5.41, 5.74) is 6.86. The number of rotatable bonds is 4. The summed E-state index contributed by atoms with van der Waals surface area (Å²) in [6.45, 7) is 6.47. The molecule has 0 bridgehead atoms. The molecule has 1 heterocycles. The van der Waals surface area contributed by atoms with Crippen molar-refractivity contribution >= 4 is 17.6 Å². The molecule has 1 aromatic heterocycles. The number of thioether (sulfide) groups is 1. The highest BCUT2D eigenvalue weighted by molar-refractivity contribution is 7.99. The summed E-state index contributed by atoms with van der Waals surface area (Å²) < 4.78 is 0. The third-order valence-corrected chi connectivity index (χ3v) is 3.30. The van der Waals surface area contributed by atoms with E-state index in [0.717, 1.165) is 22.8 Å². The second-order valence-electron chi connectivity index (χ2n) is 3.60. The van der Waals surface area contributed by atoms with Gasteiger partial charge in [0.2, 0.25) is 0 Å². The fourth-order valence-corrected chi connectivity index (χ4v) is 2.15. The molecule has 1 rings (SSSR count). The lowest BCUT2D eigenvalue weighted by Crippen LogP contribution is -2.02. The van der Waals surface area contributed by atoms with Crippen molar-refractivity contribution in [3.8, 4) is 0 Å². The van der Waals surface area contributed by atoms with E-state index in [-0.39, 0.29) is 0 Å². The average Bonchev–Trinajstić information content (AvgIpc) is 2.14. The van der Waals surface area contributed by atoms with Crippen LogP contribution in [0.2, 0.25) is 0 Å². The van der Waals surface area contributed by atoms with Crippen molar-refractivity contribution in [2.75, 3.05) is 11.5 Å². The molecule has 2 N–H and O–H groups in total. The quantitative estimate of drug-likeness (QED) is 0.613. The predicted octanol–water partition coefficient (Wildman–Crippen LogP) is 2.37. The smallest absolute Gasteiger partial charge is 0.131 e. The van der Waals surface area contributed by atoms with E-state index in [0.29, 0.717) is 11.7 Å². The first-order chi connectivity index (χ1) is 6.65. The van der Waals surface area contributed by atoms with Gasteiger partial charge in [0.05, 0.1) is 0 Å². The highest BCUT2D eigenvalue weighted by Gasteiger charge is 2.08. The van der Waals surface area contributed by atoms with Gasteiger partial charge in [-0.15, -0.1) is 11.8 Å². The largest absolute Gasteiger partial charge is 0.383 e. The highest BCUT2D eigenvalue weighted by atomic mass is 32.2. The van der Waals surface area contributed by atoms with Crippen LogP contribution < -0.4 is 5.73 Å². The highest BCUT2D eigenvalue weighted by Crippen LogP contribution is 2.25. The van der Waals surface area contributed by atoms with E-state index >= 15 is 0 Å². The van der Waals surface area contributed by atoms with E-state index in [4.69, 9.17) is 5.73 Å². The van der Waals surface area contributed by atoms with Gasteiger partial charge in [0.15, 0.2) is 0 Å². The number of nitrogen functional groups attached to an aromatic ring is 1. The molecule has 0 saturated carbocycles. The number of nitrogens with zero attached hydrogens (tertiary/aromatic N) is 2. The van der Waals surface area contributed by atoms with Gasteiger partial charge >= 0.3 is 0 Å². The van der Waals surface area contributed by atoms with E-state index < -0.39 is 0 Å². The van der Waals surface area contributed by atoms with Crippen LogP contribution >= 0.6 is 11.8 Å². The third-order valence-electron chi connectivity index (χ3n) is 1.85. The molecule has 0 aliphatic rings. The van der Waals surface area contributed by atoms with Gasteiger partial charge in [0.25, 0.3) is 0 Å². The third kappa shape index (κ3) is 2.87. The van der Waals surface area contributed by atoms with Gasteiger partial charge in [0, 0.05) is 11.3 Å². The zero-order chi connectivity index (χ0) is 10.6. The normalized spacial score (nSPS) is 10.9. The van der Waals surface area contributed by atoms with E-state index in [1.54, 1.807) is 11.8 Å². The minimum Gasteiger partial charge on any atom is -0.383 e. The number of hydrogen-bond donors (Lipinski definition) is 1. The van der Waals surface area contributed by atoms with Crippen LogP contribution in [0.4, 0.5) is 5.82 Å². The maximum Gasteiger partial charge on any atom is 0.131 e. The van der Waals surface area contributed by atoms with Crippen LogP contribution in [0.25, 0.3) is 0 Å². The summed E-state index contributed by atoms with van der Waals surface area (Å²) in [6.07, 6.45) is 2.43. The van der Waals surface area contributed by atoms with Crippen molar-refractivity contribution in [1.82, 2.24) is 9.97 Å². The molecule has 0 fully saturated rings. The Kier molecular flexibility index (Phi) is 4.20. The molecule has 0 aromatic carbocycles. The molecule has 0 aliphatic carbocycles. The molecule has 0 aliphatic heterocycles. The van der Waals surface area contributed by atoms with Crippen LogP contribution in [-0.2, 0) is 6.42 Å². The fourth-order valence-electron chi connectivity index (χ4n) is 1.11. The molecule has 0 spiro atoms. The molecule has 14 heavy (non-hydrogen) atoms. The summed E-state index contributed by atoms with van der Waals surface area (Å²) in [6, 6.07) is 0. The van der Waals surface area contributed by atoms with Gasteiger partial charge in [-0.05, 0) is 12.3 Å². The molecule has 4 heteroatoms. The minimum absolute atomic E-state index is 0.619. The molecule has 78 valence electrons. The molecule has 0 radical (unpaired) electrons. The molecular weight excluding hydrogens is 194 g/mol. The summed E-state index contributed by atoms with van der Waals surface area (Å²) >= 11 is 1.76. The Labute approximate surface area is 89.5 Å². The Morgan fingerprint density at radius 1 is 1.43 bits per heavy atom. The topological polar surface area (TPSA) is 51.8 Å². The maximum absolute atomic E-state index is 5.77. The van der Waals surface area contributed by atoms with Crippen LogP contribution in [0.1, 0.15) is 26.3 Å². The molecule has 3 nitrogen and oxygen atoms in total. The lowest BCUT2D eigenvalue weighted by Gasteiger charge is -2.09. The van der Waals surface area contributed by atoms with E-state index in [1.807, 2.05) is 0 Å². The van der Waals surface area contributed by atoms with Gasteiger partial charge in [0.1, 0.15) is 17.2 Å². The summed E-state index contributed by atoms with van der Waals surface area (Å²) in [4.78, 5) is 8.25. The lowest BCUT2D eigenvalue weighted by atomic mass is 10.2. The Bertz CT molecular complexity index is 299. The minimum atomic E-state index is 0.619. The van der Waals surface area contributed by atoms with Crippen LogP contribution in [0, 0.1) is 5.92 Å². The van der Waals surface area contributed by atoms with E-state index in [1.165, 1.54) is 6.33 Å². The standard InChI is InChI=1S/C10H17N3S/c1-4-8-9(11)12-6-13-10(8)14-5-7(2)3/h6-7H,4-5H2,1-3H3,(H2,11,12,13). The van der Waals surface area contributed by atoms with Crippen molar-refractivity contribution in [2.24, 2.45) is 5.92 Å². The van der Waals surface area contributed by atoms with Crippen LogP contribution in [0.3, 0.4) is 0 Å². The van der Waals surface area contributed by atoms with Crippen molar-refractivity contribution in [3.63, 3.8) is 0 Å². The number of nitrogens with two attached hydrogens (primary N) is 1. The second kappa shape index (κ2) is 5.20. The molecular formula is C10H17N3S. The zero-order valence-corrected chi connectivity index (χ0v) is 9.77. The summed E-state index contributed by atoms with van der Waals surface area (Å²) in [5, 5.41) is 1.04. The lowest BCUT2D eigenvalue weighted by molar-refractivity contribution is 0.748. The summed E-state index contributed by atoms with van der Waals surface area (Å²) in [7, 11) is 0. The molecule has 1 aromatic rings. The van der Waals surface area contributed by atoms with Crippen molar-refractivity contribution in [2.45, 2.75) is 32.2 Å². The first kappa shape index (κ1) is 11.3. The van der Waals surface area contributed by atoms with Gasteiger partial charge < -0.3 is 5.73 Å². The van der Waals surface area contributed by atoms with Crippen molar-refractivity contribution in [3.05, 3.63) is 11.9 Å². The van der Waals surface area contributed by atoms with E-state index in [9.17, 15) is 0 Å². The first-order valence-electron chi connectivity index (χ1n) is 4.87. The zero-order valence-electron chi connectivity index (χ0n) is 8.95. The number of aromatic nitrogens is 2. The van der Waals surface area contributed by atoms with Gasteiger partial charge in [-0.1, -0.05) is 20.8 Å². The molecule has 0 saturated heterocycles. The number of anilines is 1. The van der Waals surface area contributed by atoms with Crippen LogP contribution in [-0.4, -0.2) is 15.7 Å².